The molecule has 4 rings (SSSR count). The van der Waals surface area contributed by atoms with Crippen LogP contribution in [0.15, 0.2) is 77.3 Å². The summed E-state index contributed by atoms with van der Waals surface area (Å²) in [5, 5.41) is 9.91. The number of amides is 1. The molecule has 0 aliphatic heterocycles. The number of hydrogen-bond donors (Lipinski definition) is 2. The number of carbonyl (C=O) groups excluding carboxylic acids is 1. The van der Waals surface area contributed by atoms with Gasteiger partial charge in [0, 0.05) is 23.4 Å². The molecule has 162 valence electrons. The maximum Gasteiger partial charge on any atom is 0.251 e. The largest absolute Gasteiger partial charge is 0.496 e. The zero-order chi connectivity index (χ0) is 22.3. The smallest absolute Gasteiger partial charge is 0.251 e. The van der Waals surface area contributed by atoms with Gasteiger partial charge in [0.05, 0.1) is 19.2 Å². The minimum Gasteiger partial charge on any atom is -0.496 e. The molecule has 0 saturated heterocycles. The van der Waals surface area contributed by atoms with Crippen LogP contribution < -0.4 is 15.4 Å². The zero-order valence-corrected chi connectivity index (χ0v) is 17.3. The molecule has 0 unspecified atom stereocenters. The molecule has 4 aromatic rings. The van der Waals surface area contributed by atoms with Crippen molar-refractivity contribution in [2.75, 3.05) is 12.4 Å². The van der Waals surface area contributed by atoms with Gasteiger partial charge in [-0.15, -0.1) is 0 Å². The molecule has 32 heavy (non-hydrogen) atoms. The predicted molar refractivity (Wildman–Crippen MR) is 118 cm³/mol. The van der Waals surface area contributed by atoms with E-state index in [0.717, 1.165) is 11.3 Å². The van der Waals surface area contributed by atoms with Crippen LogP contribution in [0.2, 0.25) is 0 Å². The monoisotopic (exact) mass is 432 g/mol. The van der Waals surface area contributed by atoms with E-state index in [-0.39, 0.29) is 18.3 Å². The molecule has 0 saturated carbocycles. The SMILES string of the molecule is COc1ccccc1-c1noc(CNc2ccc(C(=O)NCc3ccccc3F)cc2)n1. The van der Waals surface area contributed by atoms with Crippen LogP contribution >= 0.6 is 0 Å². The molecule has 3 aromatic carbocycles. The molecule has 1 heterocycles. The van der Waals surface area contributed by atoms with Gasteiger partial charge in [-0.1, -0.05) is 35.5 Å². The summed E-state index contributed by atoms with van der Waals surface area (Å²) in [5.74, 6) is 0.899. The van der Waals surface area contributed by atoms with Gasteiger partial charge in [0.1, 0.15) is 11.6 Å². The second kappa shape index (κ2) is 9.74. The zero-order valence-electron chi connectivity index (χ0n) is 17.3. The van der Waals surface area contributed by atoms with Gasteiger partial charge < -0.3 is 19.9 Å². The summed E-state index contributed by atoms with van der Waals surface area (Å²) in [5.41, 5.74) is 2.44. The molecule has 0 atom stereocenters. The van der Waals surface area contributed by atoms with Crippen molar-refractivity contribution in [3.63, 3.8) is 0 Å². The first-order valence-corrected chi connectivity index (χ1v) is 9.95. The molecule has 0 radical (unpaired) electrons. The first-order valence-electron chi connectivity index (χ1n) is 9.95. The van der Waals surface area contributed by atoms with Gasteiger partial charge in [0.25, 0.3) is 5.91 Å². The summed E-state index contributed by atoms with van der Waals surface area (Å²) in [6.45, 7) is 0.443. The third-order valence-electron chi connectivity index (χ3n) is 4.80. The van der Waals surface area contributed by atoms with Gasteiger partial charge in [-0.2, -0.15) is 4.98 Å². The lowest BCUT2D eigenvalue weighted by atomic mass is 10.1. The number of halogens is 1. The Morgan fingerprint density at radius 3 is 2.53 bits per heavy atom. The van der Waals surface area contributed by atoms with E-state index in [1.165, 1.54) is 6.07 Å². The Bertz CT molecular complexity index is 1210. The fraction of sp³-hybridized carbons (Fsp3) is 0.125. The fourth-order valence-corrected chi connectivity index (χ4v) is 3.10. The Hall–Kier alpha value is -4.20. The van der Waals surface area contributed by atoms with E-state index in [0.29, 0.717) is 35.1 Å². The minimum absolute atomic E-state index is 0.122. The third kappa shape index (κ3) is 4.92. The average Bonchev–Trinajstić information content (AvgIpc) is 3.31. The van der Waals surface area contributed by atoms with Crippen molar-refractivity contribution < 1.29 is 18.4 Å². The van der Waals surface area contributed by atoms with Gasteiger partial charge in [-0.3, -0.25) is 4.79 Å². The predicted octanol–water partition coefficient (Wildman–Crippen LogP) is 4.43. The number of ether oxygens (including phenoxy) is 1. The van der Waals surface area contributed by atoms with E-state index in [9.17, 15) is 9.18 Å². The summed E-state index contributed by atoms with van der Waals surface area (Å²) in [6, 6.07) is 20.7. The van der Waals surface area contributed by atoms with Crippen molar-refractivity contribution in [1.29, 1.82) is 0 Å². The van der Waals surface area contributed by atoms with Crippen molar-refractivity contribution in [1.82, 2.24) is 15.5 Å². The molecule has 0 bridgehead atoms. The lowest BCUT2D eigenvalue weighted by Gasteiger charge is -2.08. The highest BCUT2D eigenvalue weighted by molar-refractivity contribution is 5.94. The molecular weight excluding hydrogens is 411 g/mol. The van der Waals surface area contributed by atoms with Gasteiger partial charge in [-0.25, -0.2) is 4.39 Å². The van der Waals surface area contributed by atoms with Crippen molar-refractivity contribution >= 4 is 11.6 Å². The number of nitrogens with zero attached hydrogens (tertiary/aromatic N) is 2. The minimum atomic E-state index is -0.345. The van der Waals surface area contributed by atoms with Gasteiger partial charge >= 0.3 is 0 Å². The maximum absolute atomic E-state index is 13.7. The molecule has 1 aromatic heterocycles. The lowest BCUT2D eigenvalue weighted by Crippen LogP contribution is -2.23. The molecule has 1 amide bonds. The van der Waals surface area contributed by atoms with Crippen LogP contribution in [-0.2, 0) is 13.1 Å². The van der Waals surface area contributed by atoms with Crippen LogP contribution in [-0.4, -0.2) is 23.2 Å². The Morgan fingerprint density at radius 1 is 1.00 bits per heavy atom. The number of para-hydroxylation sites is 1. The molecule has 2 N–H and O–H groups in total. The molecular formula is C24H21FN4O3. The molecule has 0 fully saturated rings. The van der Waals surface area contributed by atoms with Crippen LogP contribution in [0, 0.1) is 5.82 Å². The molecule has 0 aliphatic rings. The van der Waals surface area contributed by atoms with Crippen molar-refractivity contribution in [3.05, 3.63) is 95.6 Å². The summed E-state index contributed by atoms with van der Waals surface area (Å²) in [6.07, 6.45) is 0. The summed E-state index contributed by atoms with van der Waals surface area (Å²) >= 11 is 0. The number of benzene rings is 3. The average molecular weight is 432 g/mol. The van der Waals surface area contributed by atoms with Crippen LogP contribution in [0.3, 0.4) is 0 Å². The molecule has 8 heteroatoms. The highest BCUT2D eigenvalue weighted by Gasteiger charge is 2.13. The number of hydrogen-bond acceptors (Lipinski definition) is 6. The van der Waals surface area contributed by atoms with Gasteiger partial charge in [-0.05, 0) is 42.5 Å². The number of aromatic nitrogens is 2. The Morgan fingerprint density at radius 2 is 1.75 bits per heavy atom. The number of methoxy groups -OCH3 is 1. The quantitative estimate of drug-likeness (QED) is 0.428. The topological polar surface area (TPSA) is 89.3 Å². The van der Waals surface area contributed by atoms with Gasteiger partial charge in [0.2, 0.25) is 11.7 Å². The summed E-state index contributed by atoms with van der Waals surface area (Å²) in [7, 11) is 1.59. The number of rotatable bonds is 8. The van der Waals surface area contributed by atoms with E-state index in [2.05, 4.69) is 20.8 Å². The first kappa shape index (κ1) is 21.0. The van der Waals surface area contributed by atoms with Crippen LogP contribution in [0.25, 0.3) is 11.4 Å². The fourth-order valence-electron chi connectivity index (χ4n) is 3.10. The second-order valence-corrected chi connectivity index (χ2v) is 6.92. The lowest BCUT2D eigenvalue weighted by molar-refractivity contribution is 0.0950. The normalized spacial score (nSPS) is 10.6. The van der Waals surface area contributed by atoms with Crippen molar-refractivity contribution in [2.45, 2.75) is 13.1 Å². The van der Waals surface area contributed by atoms with E-state index in [4.69, 9.17) is 9.26 Å². The van der Waals surface area contributed by atoms with Crippen molar-refractivity contribution in [3.8, 4) is 17.1 Å². The molecule has 7 nitrogen and oxygen atoms in total. The number of nitrogens with one attached hydrogen (secondary N) is 2. The first-order chi connectivity index (χ1) is 15.6. The second-order valence-electron chi connectivity index (χ2n) is 6.92. The van der Waals surface area contributed by atoms with E-state index in [1.807, 2.05) is 24.3 Å². The summed E-state index contributed by atoms with van der Waals surface area (Å²) in [4.78, 5) is 16.7. The van der Waals surface area contributed by atoms with Crippen LogP contribution in [0.5, 0.6) is 5.75 Å². The van der Waals surface area contributed by atoms with Crippen LogP contribution in [0.1, 0.15) is 21.8 Å². The van der Waals surface area contributed by atoms with E-state index >= 15 is 0 Å². The van der Waals surface area contributed by atoms with E-state index < -0.39 is 0 Å². The highest BCUT2D eigenvalue weighted by Crippen LogP contribution is 2.27. The van der Waals surface area contributed by atoms with Crippen LogP contribution in [0.4, 0.5) is 10.1 Å². The third-order valence-corrected chi connectivity index (χ3v) is 4.80. The highest BCUT2D eigenvalue weighted by atomic mass is 19.1. The number of anilines is 1. The van der Waals surface area contributed by atoms with Crippen molar-refractivity contribution in [2.24, 2.45) is 0 Å². The van der Waals surface area contributed by atoms with E-state index in [1.54, 1.807) is 49.6 Å². The Kier molecular flexibility index (Phi) is 6.41. The molecule has 0 spiro atoms. The maximum atomic E-state index is 13.7. The Balaban J connectivity index is 1.33. The Labute approximate surface area is 184 Å². The summed E-state index contributed by atoms with van der Waals surface area (Å²) < 4.78 is 24.3. The van der Waals surface area contributed by atoms with Gasteiger partial charge in [0.15, 0.2) is 0 Å². The standard InChI is InChI=1S/C24H21FN4O3/c1-31-21-9-5-3-7-19(21)23-28-22(32-29-23)15-26-18-12-10-16(11-13-18)24(30)27-14-17-6-2-4-8-20(17)25/h2-13,26H,14-15H2,1H3,(H,27,30). The number of carbonyl (C=O) groups is 1. The molecule has 0 aliphatic carbocycles.